The van der Waals surface area contributed by atoms with E-state index >= 15 is 0 Å². The summed E-state index contributed by atoms with van der Waals surface area (Å²) in [5.41, 5.74) is 3.79. The molecule has 0 unspecified atom stereocenters. The van der Waals surface area contributed by atoms with Crippen LogP contribution in [0.1, 0.15) is 29.8 Å². The van der Waals surface area contributed by atoms with Crippen molar-refractivity contribution in [3.63, 3.8) is 0 Å². The van der Waals surface area contributed by atoms with E-state index in [0.29, 0.717) is 16.3 Å². The predicted molar refractivity (Wildman–Crippen MR) is 109 cm³/mol. The molecule has 0 fully saturated rings. The molecule has 2 aromatic rings. The molecule has 144 valence electrons. The minimum absolute atomic E-state index is 0.0307. The van der Waals surface area contributed by atoms with Crippen molar-refractivity contribution in [1.82, 2.24) is 15.8 Å². The molecule has 0 bridgehead atoms. The lowest BCUT2D eigenvalue weighted by molar-refractivity contribution is 0.0819. The Kier molecular flexibility index (Phi) is 7.50. The van der Waals surface area contributed by atoms with Gasteiger partial charge in [-0.05, 0) is 49.7 Å². The summed E-state index contributed by atoms with van der Waals surface area (Å²) < 4.78 is 6.49. The van der Waals surface area contributed by atoms with E-state index in [-0.39, 0.29) is 12.6 Å². The molecule has 2 N–H and O–H groups in total. The lowest BCUT2D eigenvalue weighted by atomic mass is 10.2. The van der Waals surface area contributed by atoms with E-state index in [0.717, 1.165) is 10.0 Å². The van der Waals surface area contributed by atoms with Crippen molar-refractivity contribution in [2.24, 2.45) is 0 Å². The first-order valence-corrected chi connectivity index (χ1v) is 9.48. The van der Waals surface area contributed by atoms with Gasteiger partial charge >= 0.3 is 6.03 Å². The minimum atomic E-state index is -0.450. The van der Waals surface area contributed by atoms with Gasteiger partial charge in [0.05, 0.1) is 17.7 Å². The van der Waals surface area contributed by atoms with E-state index in [9.17, 15) is 9.59 Å². The molecule has 6 nitrogen and oxygen atoms in total. The van der Waals surface area contributed by atoms with Crippen molar-refractivity contribution in [3.05, 3.63) is 63.1 Å². The standard InChI is InChI=1S/C19H21BrClN3O3/c1-12(2)27-17-9-6-14(10-16(17)21)18(25)23-24(19(26)22-3)11-13-4-7-15(20)8-5-13/h4-10,12H,11H2,1-3H3,(H,22,26)(H,23,25). The first-order valence-electron chi connectivity index (χ1n) is 8.31. The van der Waals surface area contributed by atoms with Gasteiger partial charge in [0.25, 0.3) is 5.91 Å². The van der Waals surface area contributed by atoms with Gasteiger partial charge in [0, 0.05) is 17.1 Å². The van der Waals surface area contributed by atoms with Crippen molar-refractivity contribution < 1.29 is 14.3 Å². The Hall–Kier alpha value is -2.25. The number of rotatable bonds is 5. The highest BCUT2D eigenvalue weighted by Crippen LogP contribution is 2.26. The quantitative estimate of drug-likeness (QED) is 0.659. The van der Waals surface area contributed by atoms with E-state index in [1.807, 2.05) is 38.1 Å². The van der Waals surface area contributed by atoms with Gasteiger partial charge in [-0.1, -0.05) is 39.7 Å². The Morgan fingerprint density at radius 3 is 2.41 bits per heavy atom. The van der Waals surface area contributed by atoms with Crippen LogP contribution in [-0.2, 0) is 6.54 Å². The summed E-state index contributed by atoms with van der Waals surface area (Å²) in [4.78, 5) is 24.7. The summed E-state index contributed by atoms with van der Waals surface area (Å²) in [5.74, 6) is 0.0509. The normalized spacial score (nSPS) is 10.4. The Morgan fingerprint density at radius 1 is 1.19 bits per heavy atom. The fraction of sp³-hybridized carbons (Fsp3) is 0.263. The van der Waals surface area contributed by atoms with Crippen LogP contribution in [0.5, 0.6) is 5.75 Å². The van der Waals surface area contributed by atoms with Gasteiger partial charge in [0.15, 0.2) is 0 Å². The maximum atomic E-state index is 12.6. The number of carbonyl (C=O) groups excluding carboxylic acids is 2. The highest BCUT2D eigenvalue weighted by atomic mass is 79.9. The maximum absolute atomic E-state index is 12.6. The van der Waals surface area contributed by atoms with Gasteiger partial charge in [-0.2, -0.15) is 0 Å². The molecule has 8 heteroatoms. The van der Waals surface area contributed by atoms with Crippen LogP contribution in [0.4, 0.5) is 4.79 Å². The van der Waals surface area contributed by atoms with Crippen molar-refractivity contribution in [1.29, 1.82) is 0 Å². The SMILES string of the molecule is CNC(=O)N(Cc1ccc(Br)cc1)NC(=O)c1ccc(OC(C)C)c(Cl)c1. The van der Waals surface area contributed by atoms with Gasteiger partial charge in [0.1, 0.15) is 5.75 Å². The average Bonchev–Trinajstić information content (AvgIpc) is 2.63. The number of hydrazine groups is 1. The van der Waals surface area contributed by atoms with Crippen molar-refractivity contribution >= 4 is 39.5 Å². The summed E-state index contributed by atoms with van der Waals surface area (Å²) in [6, 6.07) is 11.8. The first kappa shape index (κ1) is 21.1. The van der Waals surface area contributed by atoms with Gasteiger partial charge in [0.2, 0.25) is 0 Å². The molecule has 0 saturated carbocycles. The summed E-state index contributed by atoms with van der Waals surface area (Å²) in [7, 11) is 1.50. The maximum Gasteiger partial charge on any atom is 0.336 e. The van der Waals surface area contributed by atoms with E-state index in [1.165, 1.54) is 18.1 Å². The van der Waals surface area contributed by atoms with Crippen LogP contribution in [0.2, 0.25) is 5.02 Å². The van der Waals surface area contributed by atoms with Gasteiger partial charge in [-0.15, -0.1) is 0 Å². The molecule has 0 atom stereocenters. The van der Waals surface area contributed by atoms with E-state index in [2.05, 4.69) is 26.7 Å². The lowest BCUT2D eigenvalue weighted by Gasteiger charge is -2.23. The third-order valence-electron chi connectivity index (χ3n) is 3.51. The first-order chi connectivity index (χ1) is 12.8. The summed E-state index contributed by atoms with van der Waals surface area (Å²) >= 11 is 9.55. The summed E-state index contributed by atoms with van der Waals surface area (Å²) in [6.07, 6.45) is -0.0307. The minimum Gasteiger partial charge on any atom is -0.489 e. The number of nitrogens with zero attached hydrogens (tertiary/aromatic N) is 1. The van der Waals surface area contributed by atoms with E-state index < -0.39 is 11.9 Å². The smallest absolute Gasteiger partial charge is 0.336 e. The third-order valence-corrected chi connectivity index (χ3v) is 4.33. The highest BCUT2D eigenvalue weighted by Gasteiger charge is 2.18. The average molecular weight is 455 g/mol. The van der Waals surface area contributed by atoms with Crippen LogP contribution < -0.4 is 15.5 Å². The molecule has 2 rings (SSSR count). The number of hydrogen-bond acceptors (Lipinski definition) is 3. The molecule has 3 amide bonds. The molecule has 0 aliphatic carbocycles. The largest absolute Gasteiger partial charge is 0.489 e. The van der Waals surface area contributed by atoms with Crippen LogP contribution >= 0.6 is 27.5 Å². The third kappa shape index (κ3) is 6.15. The fourth-order valence-electron chi connectivity index (χ4n) is 2.25. The van der Waals surface area contributed by atoms with Gasteiger partial charge in [-0.25, -0.2) is 9.80 Å². The van der Waals surface area contributed by atoms with Crippen LogP contribution in [0.15, 0.2) is 46.9 Å². The number of urea groups is 1. The molecule has 0 saturated heterocycles. The van der Waals surface area contributed by atoms with Crippen molar-refractivity contribution in [2.75, 3.05) is 7.05 Å². The zero-order chi connectivity index (χ0) is 20.0. The Bertz CT molecular complexity index is 812. The Balaban J connectivity index is 2.14. The second-order valence-corrected chi connectivity index (χ2v) is 7.34. The fourth-order valence-corrected chi connectivity index (χ4v) is 2.74. The summed E-state index contributed by atoms with van der Waals surface area (Å²) in [5, 5.41) is 4.05. The molecule has 0 aliphatic rings. The number of nitrogens with one attached hydrogen (secondary N) is 2. The lowest BCUT2D eigenvalue weighted by Crippen LogP contribution is -2.49. The van der Waals surface area contributed by atoms with Crippen molar-refractivity contribution in [3.8, 4) is 5.75 Å². The second kappa shape index (κ2) is 9.62. The molecule has 0 aromatic heterocycles. The molecule has 0 spiro atoms. The number of amides is 3. The zero-order valence-electron chi connectivity index (χ0n) is 15.3. The number of benzene rings is 2. The van der Waals surface area contributed by atoms with Gasteiger partial charge < -0.3 is 10.1 Å². The number of ether oxygens (including phenoxy) is 1. The topological polar surface area (TPSA) is 70.7 Å². The zero-order valence-corrected chi connectivity index (χ0v) is 17.6. The summed E-state index contributed by atoms with van der Waals surface area (Å²) in [6.45, 7) is 3.99. The Morgan fingerprint density at radius 2 is 1.85 bits per heavy atom. The molecular formula is C19H21BrClN3O3. The number of halogens is 2. The van der Waals surface area contributed by atoms with E-state index in [4.69, 9.17) is 16.3 Å². The molecule has 0 radical (unpaired) electrons. The number of carbonyl (C=O) groups is 2. The molecule has 2 aromatic carbocycles. The monoisotopic (exact) mass is 453 g/mol. The van der Waals surface area contributed by atoms with Crippen LogP contribution in [0.3, 0.4) is 0 Å². The molecular weight excluding hydrogens is 434 g/mol. The van der Waals surface area contributed by atoms with Crippen LogP contribution in [0, 0.1) is 0 Å². The highest BCUT2D eigenvalue weighted by molar-refractivity contribution is 9.10. The van der Waals surface area contributed by atoms with Gasteiger partial charge in [-0.3, -0.25) is 10.2 Å². The van der Waals surface area contributed by atoms with Crippen LogP contribution in [0.25, 0.3) is 0 Å². The van der Waals surface area contributed by atoms with Crippen LogP contribution in [-0.4, -0.2) is 30.1 Å². The van der Waals surface area contributed by atoms with Crippen molar-refractivity contribution in [2.45, 2.75) is 26.5 Å². The number of hydrogen-bond donors (Lipinski definition) is 2. The molecule has 27 heavy (non-hydrogen) atoms. The predicted octanol–water partition coefficient (Wildman–Crippen LogP) is 4.38. The Labute approximate surface area is 171 Å². The van der Waals surface area contributed by atoms with E-state index in [1.54, 1.807) is 12.1 Å². The molecule has 0 aliphatic heterocycles. The molecule has 0 heterocycles. The second-order valence-electron chi connectivity index (χ2n) is 6.02.